The van der Waals surface area contributed by atoms with Gasteiger partial charge in [-0.25, -0.2) is 14.2 Å². The van der Waals surface area contributed by atoms with Gasteiger partial charge in [-0.15, -0.1) is 0 Å². The van der Waals surface area contributed by atoms with Crippen LogP contribution in [0.2, 0.25) is 0 Å². The number of imidazole rings is 1. The van der Waals surface area contributed by atoms with E-state index in [9.17, 15) is 14.3 Å². The third-order valence-corrected chi connectivity index (χ3v) is 4.58. The van der Waals surface area contributed by atoms with E-state index in [4.69, 9.17) is 0 Å². The van der Waals surface area contributed by atoms with Gasteiger partial charge in [0.1, 0.15) is 17.1 Å². The van der Waals surface area contributed by atoms with Crippen molar-refractivity contribution in [3.8, 4) is 5.75 Å². The molecule has 1 aliphatic heterocycles. The van der Waals surface area contributed by atoms with Crippen LogP contribution in [0.4, 0.5) is 10.3 Å². The molecule has 4 N–H and O–H groups in total. The second kappa shape index (κ2) is 6.75. The van der Waals surface area contributed by atoms with Crippen LogP contribution in [0.5, 0.6) is 5.75 Å². The maximum atomic E-state index is 14.0. The average Bonchev–Trinajstić information content (AvgIpc) is 3.24. The topological polar surface area (TPSA) is 108 Å². The standard InChI is InChI=1S/C17H19FN6O2/c18-13-2-1-12(25)5-11(13)9-24-15-14(22-17(24)26)8-21-16(23-15)20-7-10-3-4-19-6-10/h1-2,5,8,10,19,25H,3-4,6-7,9H2,(H,22,26)(H,20,21,23)/t10-/m1/s1. The molecule has 0 bridgehead atoms. The minimum absolute atomic E-state index is 0.0396. The molecular weight excluding hydrogens is 339 g/mol. The Hall–Kier alpha value is -2.94. The molecule has 1 saturated heterocycles. The Labute approximate surface area is 148 Å². The number of rotatable bonds is 5. The number of nitrogens with one attached hydrogen (secondary N) is 3. The number of hydrogen-bond donors (Lipinski definition) is 4. The largest absolute Gasteiger partial charge is 0.508 e. The molecule has 0 spiro atoms. The number of fused-ring (bicyclic) bond motifs is 1. The molecule has 4 rings (SSSR count). The number of aromatic nitrogens is 4. The lowest BCUT2D eigenvalue weighted by Crippen LogP contribution is -2.19. The van der Waals surface area contributed by atoms with Crippen LogP contribution in [0, 0.1) is 11.7 Å². The summed E-state index contributed by atoms with van der Waals surface area (Å²) >= 11 is 0. The summed E-state index contributed by atoms with van der Waals surface area (Å²) in [5.41, 5.74) is 0.663. The van der Waals surface area contributed by atoms with Crippen molar-refractivity contribution in [1.82, 2.24) is 24.8 Å². The van der Waals surface area contributed by atoms with Gasteiger partial charge in [0.2, 0.25) is 5.95 Å². The van der Waals surface area contributed by atoms with Gasteiger partial charge in [0.25, 0.3) is 0 Å². The number of phenols is 1. The number of aromatic hydroxyl groups is 1. The van der Waals surface area contributed by atoms with Crippen molar-refractivity contribution < 1.29 is 9.50 Å². The van der Waals surface area contributed by atoms with Crippen LogP contribution in [-0.4, -0.2) is 44.3 Å². The van der Waals surface area contributed by atoms with E-state index in [1.54, 1.807) is 0 Å². The summed E-state index contributed by atoms with van der Waals surface area (Å²) in [6.45, 7) is 2.68. The molecule has 0 aliphatic carbocycles. The minimum Gasteiger partial charge on any atom is -0.508 e. The molecule has 1 atom stereocenters. The van der Waals surface area contributed by atoms with Gasteiger partial charge in [-0.3, -0.25) is 4.57 Å². The zero-order valence-electron chi connectivity index (χ0n) is 14.0. The highest BCUT2D eigenvalue weighted by molar-refractivity contribution is 5.71. The SMILES string of the molecule is O=c1[nH]c2cnc(NC[C@@H]3CCNC3)nc2n1Cc1cc(O)ccc1F. The zero-order chi connectivity index (χ0) is 18.1. The summed E-state index contributed by atoms with van der Waals surface area (Å²) in [5, 5.41) is 16.1. The summed E-state index contributed by atoms with van der Waals surface area (Å²) < 4.78 is 15.3. The van der Waals surface area contributed by atoms with Crippen LogP contribution in [-0.2, 0) is 6.54 Å². The molecule has 8 nitrogen and oxygen atoms in total. The quantitative estimate of drug-likeness (QED) is 0.543. The number of nitrogens with zero attached hydrogens (tertiary/aromatic N) is 3. The third kappa shape index (κ3) is 3.25. The maximum absolute atomic E-state index is 14.0. The molecule has 1 aromatic carbocycles. The molecule has 2 aromatic heterocycles. The van der Waals surface area contributed by atoms with Crippen LogP contribution in [0.15, 0.2) is 29.2 Å². The number of anilines is 1. The fourth-order valence-corrected chi connectivity index (χ4v) is 3.15. The summed E-state index contributed by atoms with van der Waals surface area (Å²) in [7, 11) is 0. The molecule has 0 amide bonds. The van der Waals surface area contributed by atoms with Gasteiger partial charge in [-0.05, 0) is 43.6 Å². The van der Waals surface area contributed by atoms with E-state index in [1.807, 2.05) is 0 Å². The molecule has 26 heavy (non-hydrogen) atoms. The van der Waals surface area contributed by atoms with E-state index < -0.39 is 11.5 Å². The van der Waals surface area contributed by atoms with Gasteiger partial charge in [0, 0.05) is 12.1 Å². The fourth-order valence-electron chi connectivity index (χ4n) is 3.15. The Morgan fingerprint density at radius 3 is 3.12 bits per heavy atom. The normalized spacial score (nSPS) is 17.0. The highest BCUT2D eigenvalue weighted by Gasteiger charge is 2.16. The Morgan fingerprint density at radius 2 is 2.31 bits per heavy atom. The molecule has 0 unspecified atom stereocenters. The zero-order valence-corrected chi connectivity index (χ0v) is 14.0. The van der Waals surface area contributed by atoms with E-state index in [1.165, 1.54) is 29.0 Å². The molecule has 3 aromatic rings. The number of halogens is 1. The van der Waals surface area contributed by atoms with Gasteiger partial charge in [0.05, 0.1) is 12.7 Å². The first-order chi connectivity index (χ1) is 12.6. The predicted molar refractivity (Wildman–Crippen MR) is 94.8 cm³/mol. The van der Waals surface area contributed by atoms with Crippen LogP contribution in [0.3, 0.4) is 0 Å². The van der Waals surface area contributed by atoms with Crippen LogP contribution < -0.4 is 16.3 Å². The summed E-state index contributed by atoms with van der Waals surface area (Å²) in [6, 6.07) is 3.73. The van der Waals surface area contributed by atoms with Crippen molar-refractivity contribution >= 4 is 17.1 Å². The second-order valence-corrected chi connectivity index (χ2v) is 6.46. The molecule has 9 heteroatoms. The smallest absolute Gasteiger partial charge is 0.328 e. The van der Waals surface area contributed by atoms with Crippen molar-refractivity contribution in [3.05, 3.63) is 46.3 Å². The number of aromatic amines is 1. The summed E-state index contributed by atoms with van der Waals surface area (Å²) in [6.07, 6.45) is 2.63. The Bertz CT molecular complexity index is 993. The van der Waals surface area contributed by atoms with Gasteiger partial charge < -0.3 is 20.7 Å². The number of H-pyrrole nitrogens is 1. The first kappa shape index (κ1) is 16.5. The average molecular weight is 358 g/mol. The molecule has 136 valence electrons. The van der Waals surface area contributed by atoms with Gasteiger partial charge in [-0.2, -0.15) is 4.98 Å². The van der Waals surface area contributed by atoms with Crippen molar-refractivity contribution in [3.63, 3.8) is 0 Å². The van der Waals surface area contributed by atoms with Crippen LogP contribution >= 0.6 is 0 Å². The van der Waals surface area contributed by atoms with Gasteiger partial charge in [-0.1, -0.05) is 0 Å². The Balaban J connectivity index is 1.63. The fraction of sp³-hybridized carbons (Fsp3) is 0.353. The lowest BCUT2D eigenvalue weighted by Gasteiger charge is -2.10. The number of phenolic OH excluding ortho intramolecular Hbond substituents is 1. The summed E-state index contributed by atoms with van der Waals surface area (Å²) in [4.78, 5) is 23.5. The number of benzene rings is 1. The van der Waals surface area contributed by atoms with Crippen molar-refractivity contribution in [2.45, 2.75) is 13.0 Å². The molecular formula is C17H19FN6O2. The molecule has 1 aliphatic rings. The van der Waals surface area contributed by atoms with E-state index in [-0.39, 0.29) is 17.9 Å². The first-order valence-electron chi connectivity index (χ1n) is 8.47. The second-order valence-electron chi connectivity index (χ2n) is 6.46. The predicted octanol–water partition coefficient (Wildman–Crippen LogP) is 1.03. The lowest BCUT2D eigenvalue weighted by molar-refractivity contribution is 0.470. The number of hydrogen-bond acceptors (Lipinski definition) is 6. The van der Waals surface area contributed by atoms with Crippen LogP contribution in [0.25, 0.3) is 11.2 Å². The molecule has 1 fully saturated rings. The molecule has 3 heterocycles. The Kier molecular flexibility index (Phi) is 4.29. The molecule has 0 radical (unpaired) electrons. The van der Waals surface area contributed by atoms with E-state index in [0.29, 0.717) is 23.0 Å². The Morgan fingerprint density at radius 1 is 1.42 bits per heavy atom. The maximum Gasteiger partial charge on any atom is 0.328 e. The third-order valence-electron chi connectivity index (χ3n) is 4.58. The van der Waals surface area contributed by atoms with Gasteiger partial charge >= 0.3 is 5.69 Å². The van der Waals surface area contributed by atoms with Crippen molar-refractivity contribution in [2.75, 3.05) is 25.0 Å². The monoisotopic (exact) mass is 358 g/mol. The lowest BCUT2D eigenvalue weighted by atomic mass is 10.1. The minimum atomic E-state index is -0.495. The van der Waals surface area contributed by atoms with Crippen molar-refractivity contribution in [1.29, 1.82) is 0 Å². The summed E-state index contributed by atoms with van der Waals surface area (Å²) in [5.74, 6) is 0.388. The highest BCUT2D eigenvalue weighted by atomic mass is 19.1. The first-order valence-corrected chi connectivity index (χ1v) is 8.47. The van der Waals surface area contributed by atoms with E-state index in [0.717, 1.165) is 26.1 Å². The van der Waals surface area contributed by atoms with Crippen LogP contribution in [0.1, 0.15) is 12.0 Å². The van der Waals surface area contributed by atoms with E-state index in [2.05, 4.69) is 25.6 Å². The van der Waals surface area contributed by atoms with Gasteiger partial charge in [0.15, 0.2) is 5.65 Å². The van der Waals surface area contributed by atoms with Crippen molar-refractivity contribution in [2.24, 2.45) is 5.92 Å². The molecule has 0 saturated carbocycles. The highest BCUT2D eigenvalue weighted by Crippen LogP contribution is 2.18. The van der Waals surface area contributed by atoms with E-state index >= 15 is 0 Å².